The van der Waals surface area contributed by atoms with Gasteiger partial charge in [0, 0.05) is 0 Å². The first-order chi connectivity index (χ1) is 23.8. The van der Waals surface area contributed by atoms with Gasteiger partial charge >= 0.3 is 21.7 Å². The molecule has 0 aliphatic carbocycles. The Hall–Kier alpha value is -3.21. The SMILES string of the molecule is Cc1ccc(-c2cc3c(-c4ccc(C(C)(C)C)cc4)cccc3[cH-]2)s1.Cc1ccc(-c2cc3c(-c4ccc(C(C)(C)C)cc4)cccc3[cH-]2)s1.[Cl-].[Cl-].[Ti+4]. The Morgan fingerprint density at radius 3 is 1.11 bits per heavy atom. The smallest absolute Gasteiger partial charge is 1.00 e. The molecule has 0 N–H and O–H groups in total. The molecule has 0 atom stereocenters. The van der Waals surface area contributed by atoms with Crippen molar-refractivity contribution in [3.05, 3.63) is 154 Å². The summed E-state index contributed by atoms with van der Waals surface area (Å²) in [5.74, 6) is 0. The Morgan fingerprint density at radius 2 is 0.811 bits per heavy atom. The Morgan fingerprint density at radius 1 is 0.453 bits per heavy atom. The maximum Gasteiger partial charge on any atom is 4.00 e. The number of fused-ring (bicyclic) bond motifs is 2. The average molecular weight is 806 g/mol. The van der Waals surface area contributed by atoms with Gasteiger partial charge in [-0.15, -0.1) is 69.1 Å². The molecule has 0 aliphatic heterocycles. The number of thiophene rings is 2. The van der Waals surface area contributed by atoms with Crippen molar-refractivity contribution in [3.8, 4) is 43.1 Å². The molecule has 53 heavy (non-hydrogen) atoms. The van der Waals surface area contributed by atoms with E-state index in [0.29, 0.717) is 0 Å². The van der Waals surface area contributed by atoms with Crippen LogP contribution < -0.4 is 24.8 Å². The van der Waals surface area contributed by atoms with Gasteiger partial charge in [-0.05, 0) is 66.4 Å². The van der Waals surface area contributed by atoms with E-state index in [-0.39, 0.29) is 57.4 Å². The van der Waals surface area contributed by atoms with Gasteiger partial charge in [0.05, 0.1) is 0 Å². The fraction of sp³-hybridized carbons (Fsp3) is 0.208. The van der Waals surface area contributed by atoms with Crippen molar-refractivity contribution in [1.82, 2.24) is 0 Å². The zero-order valence-corrected chi connectivity index (χ0v) is 36.5. The normalized spacial score (nSPS) is 11.3. The molecule has 0 spiro atoms. The van der Waals surface area contributed by atoms with Crippen molar-refractivity contribution in [2.45, 2.75) is 66.2 Å². The molecule has 0 saturated carbocycles. The predicted molar refractivity (Wildman–Crippen MR) is 223 cm³/mol. The Balaban J connectivity index is 0.000000224. The third kappa shape index (κ3) is 9.37. The van der Waals surface area contributed by atoms with Crippen LogP contribution in [-0.2, 0) is 32.5 Å². The van der Waals surface area contributed by atoms with E-state index in [0.717, 1.165) is 0 Å². The number of hydrogen-bond donors (Lipinski definition) is 0. The zero-order chi connectivity index (χ0) is 35.2. The van der Waals surface area contributed by atoms with Crippen LogP contribution in [0.15, 0.2) is 133 Å². The molecule has 0 bridgehead atoms. The summed E-state index contributed by atoms with van der Waals surface area (Å²) in [5.41, 5.74) is 11.0. The van der Waals surface area contributed by atoms with Crippen molar-refractivity contribution < 1.29 is 46.5 Å². The molecule has 8 rings (SSSR count). The second-order valence-electron chi connectivity index (χ2n) is 15.6. The minimum atomic E-state index is 0. The van der Waals surface area contributed by atoms with Crippen LogP contribution in [0.25, 0.3) is 64.7 Å². The molecule has 268 valence electrons. The van der Waals surface area contributed by atoms with Crippen LogP contribution in [0.4, 0.5) is 0 Å². The summed E-state index contributed by atoms with van der Waals surface area (Å²) in [6.07, 6.45) is 0. The molecule has 2 heterocycles. The predicted octanol–water partition coefficient (Wildman–Crippen LogP) is 9.13. The van der Waals surface area contributed by atoms with Gasteiger partial charge in [-0.2, -0.15) is 22.7 Å². The Bertz CT molecular complexity index is 2230. The zero-order valence-electron chi connectivity index (χ0n) is 31.8. The van der Waals surface area contributed by atoms with E-state index in [2.05, 4.69) is 189 Å². The second kappa shape index (κ2) is 17.1. The van der Waals surface area contributed by atoms with E-state index in [4.69, 9.17) is 0 Å². The molecule has 0 nitrogen and oxygen atoms in total. The molecular formula is C48H46Cl2S2Ti. The molecule has 8 aromatic rings. The molecule has 0 saturated heterocycles. The topological polar surface area (TPSA) is 0 Å². The van der Waals surface area contributed by atoms with Crippen LogP contribution in [0.3, 0.4) is 0 Å². The Labute approximate surface area is 351 Å². The van der Waals surface area contributed by atoms with E-state index >= 15 is 0 Å². The first-order valence-corrected chi connectivity index (χ1v) is 19.2. The quantitative estimate of drug-likeness (QED) is 0.123. The molecule has 0 amide bonds. The number of hydrogen-bond acceptors (Lipinski definition) is 2. The van der Waals surface area contributed by atoms with Gasteiger partial charge in [0.15, 0.2) is 0 Å². The van der Waals surface area contributed by atoms with Crippen LogP contribution >= 0.6 is 22.7 Å². The van der Waals surface area contributed by atoms with Crippen LogP contribution in [0, 0.1) is 13.8 Å². The van der Waals surface area contributed by atoms with Crippen molar-refractivity contribution in [2.75, 3.05) is 0 Å². The summed E-state index contributed by atoms with van der Waals surface area (Å²) in [4.78, 5) is 5.42. The molecule has 0 fully saturated rings. The average Bonchev–Trinajstić information content (AvgIpc) is 3.90. The third-order valence-corrected chi connectivity index (χ3v) is 11.8. The number of halogens is 2. The van der Waals surface area contributed by atoms with Crippen LogP contribution in [0.5, 0.6) is 0 Å². The molecular weight excluding hydrogens is 759 g/mol. The minimum Gasteiger partial charge on any atom is -1.00 e. The fourth-order valence-corrected chi connectivity index (χ4v) is 8.45. The van der Waals surface area contributed by atoms with Gasteiger partial charge in [0.25, 0.3) is 0 Å². The monoisotopic (exact) mass is 804 g/mol. The standard InChI is InChI=1S/2C24H23S.2ClH.Ti/c2*1-16-8-13-23(25-16)19-14-18-6-5-7-21(22(18)15-19)17-9-11-20(12-10-17)24(2,3)4;;;/h2*5-15H,1-4H3;2*1H;/q2*-1;;;+4/p-2. The van der Waals surface area contributed by atoms with E-state index in [1.807, 2.05) is 22.7 Å². The maximum absolute atomic E-state index is 2.34. The van der Waals surface area contributed by atoms with Crippen LogP contribution in [0.2, 0.25) is 0 Å². The van der Waals surface area contributed by atoms with E-state index in [1.54, 1.807) is 0 Å². The van der Waals surface area contributed by atoms with Crippen molar-refractivity contribution in [3.63, 3.8) is 0 Å². The largest absolute Gasteiger partial charge is 4.00 e. The maximum atomic E-state index is 2.34. The fourth-order valence-electron chi connectivity index (χ4n) is 6.74. The number of rotatable bonds is 4. The van der Waals surface area contributed by atoms with E-state index < -0.39 is 0 Å². The van der Waals surface area contributed by atoms with Crippen molar-refractivity contribution in [1.29, 1.82) is 0 Å². The van der Waals surface area contributed by atoms with E-state index in [1.165, 1.54) is 85.6 Å². The first kappa shape index (κ1) is 42.5. The third-order valence-electron chi connectivity index (χ3n) is 9.68. The summed E-state index contributed by atoms with van der Waals surface area (Å²) < 4.78 is 0. The van der Waals surface area contributed by atoms with Crippen LogP contribution in [0.1, 0.15) is 62.4 Å². The van der Waals surface area contributed by atoms with Gasteiger partial charge in [-0.3, -0.25) is 0 Å². The summed E-state index contributed by atoms with van der Waals surface area (Å²) in [6, 6.07) is 49.5. The van der Waals surface area contributed by atoms with Gasteiger partial charge in [-0.1, -0.05) is 150 Å². The van der Waals surface area contributed by atoms with Crippen molar-refractivity contribution in [2.24, 2.45) is 0 Å². The summed E-state index contributed by atoms with van der Waals surface area (Å²) >= 11 is 3.72. The number of benzene rings is 4. The van der Waals surface area contributed by atoms with E-state index in [9.17, 15) is 0 Å². The second-order valence-corrected chi connectivity index (χ2v) is 18.2. The van der Waals surface area contributed by atoms with Gasteiger partial charge in [0.1, 0.15) is 0 Å². The van der Waals surface area contributed by atoms with Gasteiger partial charge in [-0.25, -0.2) is 0 Å². The Kier molecular flexibility index (Phi) is 13.7. The molecule has 0 radical (unpaired) electrons. The molecule has 5 heteroatoms. The van der Waals surface area contributed by atoms with Crippen molar-refractivity contribution >= 4 is 44.2 Å². The summed E-state index contributed by atoms with van der Waals surface area (Å²) in [6.45, 7) is 17.9. The summed E-state index contributed by atoms with van der Waals surface area (Å²) in [5, 5.41) is 5.32. The molecule has 0 aliphatic rings. The molecule has 2 aromatic heterocycles. The first-order valence-electron chi connectivity index (χ1n) is 17.6. The molecule has 6 aromatic carbocycles. The molecule has 0 unspecified atom stereocenters. The van der Waals surface area contributed by atoms with Crippen LogP contribution in [-0.4, -0.2) is 0 Å². The van der Waals surface area contributed by atoms with Gasteiger partial charge < -0.3 is 24.8 Å². The van der Waals surface area contributed by atoms with Gasteiger partial charge in [0.2, 0.25) is 0 Å². The number of aryl methyl sites for hydroxylation is 2. The minimum absolute atomic E-state index is 0. The summed E-state index contributed by atoms with van der Waals surface area (Å²) in [7, 11) is 0.